The van der Waals surface area contributed by atoms with Gasteiger partial charge in [-0.05, 0) is 44.4 Å². The quantitative estimate of drug-likeness (QED) is 0.768. The number of rotatable bonds is 2. The molecule has 0 radical (unpaired) electrons. The molecule has 0 aliphatic rings. The Bertz CT molecular complexity index is 601. The topological polar surface area (TPSA) is 23.1 Å². The van der Waals surface area contributed by atoms with Crippen LogP contribution in [0.5, 0.6) is 0 Å². The SMILES string of the molecule is Cc1ccc(P=C([O-])c2c(C)cc(C)cc2C)cc1. The van der Waals surface area contributed by atoms with Gasteiger partial charge in [0.2, 0.25) is 0 Å². The van der Waals surface area contributed by atoms with Crippen molar-refractivity contribution in [2.45, 2.75) is 27.7 Å². The van der Waals surface area contributed by atoms with Gasteiger partial charge in [0.15, 0.2) is 0 Å². The third-order valence-corrected chi connectivity index (χ3v) is 4.14. The summed E-state index contributed by atoms with van der Waals surface area (Å²) in [6.45, 7) is 8.14. The summed E-state index contributed by atoms with van der Waals surface area (Å²) in [5.41, 5.74) is 5.61. The lowest BCUT2D eigenvalue weighted by atomic mass is 10.0. The summed E-state index contributed by atoms with van der Waals surface area (Å²) < 4.78 is 0. The number of hydrogen-bond donors (Lipinski definition) is 0. The molecule has 0 aromatic heterocycles. The molecular weight excluding hydrogens is 251 g/mol. The first-order valence-corrected chi connectivity index (χ1v) is 7.27. The first kappa shape index (κ1) is 14.0. The highest BCUT2D eigenvalue weighted by Crippen LogP contribution is 2.18. The van der Waals surface area contributed by atoms with Gasteiger partial charge in [0.05, 0.1) is 0 Å². The Labute approximate surface area is 116 Å². The molecule has 2 heteroatoms. The van der Waals surface area contributed by atoms with Crippen LogP contribution in [-0.2, 0) is 0 Å². The van der Waals surface area contributed by atoms with E-state index in [0.717, 1.165) is 30.2 Å². The van der Waals surface area contributed by atoms with Crippen LogP contribution >= 0.6 is 8.20 Å². The Morgan fingerprint density at radius 2 is 1.37 bits per heavy atom. The van der Waals surface area contributed by atoms with Crippen LogP contribution in [-0.4, -0.2) is 5.48 Å². The van der Waals surface area contributed by atoms with Crippen LogP contribution in [0.15, 0.2) is 36.4 Å². The number of benzene rings is 2. The first-order valence-electron chi connectivity index (χ1n) is 6.38. The van der Waals surface area contributed by atoms with Crippen molar-refractivity contribution in [3.8, 4) is 0 Å². The molecule has 0 bridgehead atoms. The largest absolute Gasteiger partial charge is 0.823 e. The molecule has 0 saturated carbocycles. The molecule has 2 rings (SSSR count). The zero-order chi connectivity index (χ0) is 14.0. The van der Waals surface area contributed by atoms with E-state index in [0.29, 0.717) is 0 Å². The Hall–Kier alpha value is -1.43. The maximum absolute atomic E-state index is 12.4. The second-order valence-corrected chi connectivity index (χ2v) is 6.17. The summed E-state index contributed by atoms with van der Waals surface area (Å²) in [5.74, 6) is 0. The summed E-state index contributed by atoms with van der Waals surface area (Å²) in [5, 5.41) is 13.5. The molecule has 0 aliphatic heterocycles. The molecule has 0 N–H and O–H groups in total. The van der Waals surface area contributed by atoms with Crippen molar-refractivity contribution in [2.24, 2.45) is 0 Å². The van der Waals surface area contributed by atoms with E-state index in [-0.39, 0.29) is 5.48 Å². The maximum atomic E-state index is 12.4. The van der Waals surface area contributed by atoms with Crippen LogP contribution in [0.4, 0.5) is 0 Å². The Kier molecular flexibility index (Phi) is 4.19. The van der Waals surface area contributed by atoms with Crippen molar-refractivity contribution in [1.82, 2.24) is 0 Å². The maximum Gasteiger partial charge on any atom is 0.000825 e. The average molecular weight is 269 g/mol. The van der Waals surface area contributed by atoms with E-state index >= 15 is 0 Å². The van der Waals surface area contributed by atoms with Crippen LogP contribution in [0.2, 0.25) is 0 Å². The van der Waals surface area contributed by atoms with Crippen molar-refractivity contribution in [1.29, 1.82) is 0 Å². The van der Waals surface area contributed by atoms with E-state index in [1.165, 1.54) is 11.1 Å². The van der Waals surface area contributed by atoms with Gasteiger partial charge in [0.1, 0.15) is 0 Å². The number of hydrogen-bond acceptors (Lipinski definition) is 1. The second kappa shape index (κ2) is 5.69. The highest BCUT2D eigenvalue weighted by molar-refractivity contribution is 7.49. The molecule has 2 aromatic rings. The molecule has 0 atom stereocenters. The summed E-state index contributed by atoms with van der Waals surface area (Å²) in [7, 11) is 0.752. The predicted octanol–water partition coefficient (Wildman–Crippen LogP) is 3.03. The van der Waals surface area contributed by atoms with E-state index in [2.05, 4.69) is 26.0 Å². The molecular formula is C17H18OP-. The standard InChI is InChI=1S/C17H19OP/c1-11-5-7-15(8-6-11)19-17(18)16-13(3)9-12(2)10-14(16)4/h5-10,18H,1-4H3/p-1. The minimum atomic E-state index is 0.179. The zero-order valence-corrected chi connectivity index (χ0v) is 12.7. The van der Waals surface area contributed by atoms with Crippen LogP contribution < -0.4 is 10.4 Å². The van der Waals surface area contributed by atoms with Crippen molar-refractivity contribution >= 4 is 19.0 Å². The van der Waals surface area contributed by atoms with Crippen molar-refractivity contribution in [3.05, 3.63) is 64.2 Å². The summed E-state index contributed by atoms with van der Waals surface area (Å²) in [6, 6.07) is 12.3. The van der Waals surface area contributed by atoms with E-state index in [4.69, 9.17) is 0 Å². The fraction of sp³-hybridized carbons (Fsp3) is 0.235. The van der Waals surface area contributed by atoms with E-state index in [1.807, 2.05) is 38.1 Å². The fourth-order valence-electron chi connectivity index (χ4n) is 2.31. The highest BCUT2D eigenvalue weighted by Gasteiger charge is 2.02. The van der Waals surface area contributed by atoms with Gasteiger partial charge in [0.25, 0.3) is 0 Å². The molecule has 0 heterocycles. The monoisotopic (exact) mass is 269 g/mol. The van der Waals surface area contributed by atoms with Crippen molar-refractivity contribution in [3.63, 3.8) is 0 Å². The molecule has 98 valence electrons. The first-order chi connectivity index (χ1) is 8.97. The van der Waals surface area contributed by atoms with Gasteiger partial charge in [-0.3, -0.25) is 0 Å². The van der Waals surface area contributed by atoms with Gasteiger partial charge < -0.3 is 5.11 Å². The van der Waals surface area contributed by atoms with Crippen LogP contribution in [0.3, 0.4) is 0 Å². The van der Waals surface area contributed by atoms with Gasteiger partial charge in [-0.15, -0.1) is 5.48 Å². The van der Waals surface area contributed by atoms with Gasteiger partial charge >= 0.3 is 0 Å². The van der Waals surface area contributed by atoms with Gasteiger partial charge in [-0.2, -0.15) is 0 Å². The van der Waals surface area contributed by atoms with Gasteiger partial charge in [-0.25, -0.2) is 0 Å². The molecule has 1 nitrogen and oxygen atoms in total. The normalized spacial score (nSPS) is 11.7. The van der Waals surface area contributed by atoms with E-state index < -0.39 is 0 Å². The predicted molar refractivity (Wildman–Crippen MR) is 82.5 cm³/mol. The molecule has 0 saturated heterocycles. The Morgan fingerprint density at radius 1 is 0.842 bits per heavy atom. The lowest BCUT2D eigenvalue weighted by Gasteiger charge is -2.18. The van der Waals surface area contributed by atoms with Crippen LogP contribution in [0, 0.1) is 27.7 Å². The van der Waals surface area contributed by atoms with Crippen molar-refractivity contribution in [2.75, 3.05) is 0 Å². The molecule has 19 heavy (non-hydrogen) atoms. The van der Waals surface area contributed by atoms with Gasteiger partial charge in [-0.1, -0.05) is 55.7 Å². The smallest absolute Gasteiger partial charge is 0.000825 e. The third kappa shape index (κ3) is 3.32. The van der Waals surface area contributed by atoms with Gasteiger partial charge in [0, 0.05) is 5.30 Å². The molecule has 0 fully saturated rings. The molecule has 0 amide bonds. The molecule has 0 spiro atoms. The summed E-state index contributed by atoms with van der Waals surface area (Å²) in [4.78, 5) is 0. The fourth-order valence-corrected chi connectivity index (χ4v) is 3.31. The molecule has 0 unspecified atom stereocenters. The van der Waals surface area contributed by atoms with E-state index in [1.54, 1.807) is 0 Å². The number of aryl methyl sites for hydroxylation is 4. The minimum absolute atomic E-state index is 0.179. The van der Waals surface area contributed by atoms with Crippen molar-refractivity contribution < 1.29 is 5.11 Å². The summed E-state index contributed by atoms with van der Waals surface area (Å²) >= 11 is 0. The molecule has 0 aliphatic carbocycles. The average Bonchev–Trinajstić information content (AvgIpc) is 2.30. The Morgan fingerprint density at radius 3 is 1.89 bits per heavy atom. The highest BCUT2D eigenvalue weighted by atomic mass is 31.1. The lowest BCUT2D eigenvalue weighted by Crippen LogP contribution is -2.20. The van der Waals surface area contributed by atoms with Crippen LogP contribution in [0.25, 0.3) is 0 Å². The summed E-state index contributed by atoms with van der Waals surface area (Å²) in [6.07, 6.45) is 0. The lowest BCUT2D eigenvalue weighted by molar-refractivity contribution is -0.207. The third-order valence-electron chi connectivity index (χ3n) is 3.16. The minimum Gasteiger partial charge on any atom is -0.823 e. The van der Waals surface area contributed by atoms with E-state index in [9.17, 15) is 5.11 Å². The zero-order valence-electron chi connectivity index (χ0n) is 11.8. The second-order valence-electron chi connectivity index (χ2n) is 5.03. The molecule has 2 aromatic carbocycles. The van der Waals surface area contributed by atoms with Crippen LogP contribution in [0.1, 0.15) is 27.8 Å². The Balaban J connectivity index is 2.44.